The SMILES string of the molecule is Cc1cc(O)c(-c2ccnc3nc(SCc4ccc5c(c4)OCCCO5)nn23)c(=O)o1. The summed E-state index contributed by atoms with van der Waals surface area (Å²) >= 11 is 1.43. The van der Waals surface area contributed by atoms with Gasteiger partial charge < -0.3 is 19.0 Å². The van der Waals surface area contributed by atoms with Crippen molar-refractivity contribution in [2.75, 3.05) is 13.2 Å². The molecule has 158 valence electrons. The third-order valence-electron chi connectivity index (χ3n) is 4.71. The molecule has 0 atom stereocenters. The molecule has 4 aromatic rings. The minimum absolute atomic E-state index is 0.0161. The van der Waals surface area contributed by atoms with Crippen LogP contribution >= 0.6 is 11.8 Å². The van der Waals surface area contributed by atoms with Crippen LogP contribution in [0.25, 0.3) is 17.0 Å². The van der Waals surface area contributed by atoms with Gasteiger partial charge in [-0.2, -0.15) is 9.50 Å². The highest BCUT2D eigenvalue weighted by Gasteiger charge is 2.18. The van der Waals surface area contributed by atoms with Gasteiger partial charge in [0.25, 0.3) is 5.78 Å². The Labute approximate surface area is 180 Å². The quantitative estimate of drug-likeness (QED) is 0.480. The second-order valence-electron chi connectivity index (χ2n) is 6.96. The lowest BCUT2D eigenvalue weighted by Gasteiger charge is -2.08. The van der Waals surface area contributed by atoms with Gasteiger partial charge in [0, 0.05) is 24.4 Å². The first-order chi connectivity index (χ1) is 15.1. The number of benzene rings is 1. The molecule has 0 fully saturated rings. The molecule has 1 aliphatic heterocycles. The van der Waals surface area contributed by atoms with Gasteiger partial charge in [0.15, 0.2) is 11.5 Å². The van der Waals surface area contributed by atoms with Crippen molar-refractivity contribution in [3.05, 3.63) is 58.3 Å². The van der Waals surface area contributed by atoms with Gasteiger partial charge >= 0.3 is 5.63 Å². The van der Waals surface area contributed by atoms with Crippen molar-refractivity contribution in [1.82, 2.24) is 19.6 Å². The Balaban J connectivity index is 1.43. The van der Waals surface area contributed by atoms with Gasteiger partial charge in [-0.15, -0.1) is 5.10 Å². The van der Waals surface area contributed by atoms with Gasteiger partial charge in [-0.1, -0.05) is 17.8 Å². The van der Waals surface area contributed by atoms with Crippen LogP contribution in [0.15, 0.2) is 50.9 Å². The second kappa shape index (κ2) is 7.95. The second-order valence-corrected chi connectivity index (χ2v) is 7.90. The summed E-state index contributed by atoms with van der Waals surface area (Å²) < 4.78 is 18.0. The molecule has 10 heteroatoms. The van der Waals surface area contributed by atoms with Crippen molar-refractivity contribution >= 4 is 17.5 Å². The van der Waals surface area contributed by atoms with Crippen LogP contribution in [0, 0.1) is 6.92 Å². The number of ether oxygens (including phenoxy) is 2. The molecular weight excluding hydrogens is 420 g/mol. The Hall–Kier alpha value is -3.53. The van der Waals surface area contributed by atoms with Gasteiger partial charge in [0.1, 0.15) is 17.1 Å². The number of aryl methyl sites for hydroxylation is 1. The van der Waals surface area contributed by atoms with Gasteiger partial charge in [-0.05, 0) is 30.7 Å². The molecule has 1 aliphatic rings. The van der Waals surface area contributed by atoms with E-state index in [2.05, 4.69) is 15.1 Å². The minimum atomic E-state index is -0.651. The molecule has 5 rings (SSSR count). The first kappa shape index (κ1) is 19.4. The van der Waals surface area contributed by atoms with Crippen LogP contribution in [0.3, 0.4) is 0 Å². The monoisotopic (exact) mass is 438 g/mol. The molecule has 1 N–H and O–H groups in total. The molecule has 0 amide bonds. The zero-order valence-electron chi connectivity index (χ0n) is 16.6. The Morgan fingerprint density at radius 3 is 2.84 bits per heavy atom. The predicted octanol–water partition coefficient (Wildman–Crippen LogP) is 3.21. The lowest BCUT2D eigenvalue weighted by atomic mass is 10.2. The molecule has 3 aromatic heterocycles. The van der Waals surface area contributed by atoms with Gasteiger partial charge in [0.2, 0.25) is 5.16 Å². The van der Waals surface area contributed by atoms with E-state index in [4.69, 9.17) is 13.9 Å². The van der Waals surface area contributed by atoms with E-state index >= 15 is 0 Å². The van der Waals surface area contributed by atoms with Crippen LogP contribution in [-0.4, -0.2) is 37.9 Å². The maximum absolute atomic E-state index is 12.3. The average Bonchev–Trinajstić information content (AvgIpc) is 3.02. The van der Waals surface area contributed by atoms with Crippen LogP contribution in [0.4, 0.5) is 0 Å². The van der Waals surface area contributed by atoms with Crippen LogP contribution in [0.2, 0.25) is 0 Å². The fourth-order valence-corrected chi connectivity index (χ4v) is 4.06. The van der Waals surface area contributed by atoms with E-state index in [1.54, 1.807) is 13.0 Å². The molecule has 4 heterocycles. The Kier molecular flexibility index (Phi) is 4.99. The standard InChI is InChI=1S/C21H18N4O5S/c1-12-9-15(26)18(19(27)30-12)14-5-6-22-20-23-21(24-25(14)20)31-11-13-3-4-16-17(10-13)29-8-2-7-28-16/h3-6,9-10,26H,2,7-8,11H2,1H3. The number of thioether (sulfide) groups is 1. The highest BCUT2D eigenvalue weighted by molar-refractivity contribution is 7.98. The smallest absolute Gasteiger partial charge is 0.349 e. The predicted molar refractivity (Wildman–Crippen MR) is 113 cm³/mol. The van der Waals surface area contributed by atoms with Gasteiger partial charge in [-0.3, -0.25) is 0 Å². The van der Waals surface area contributed by atoms with E-state index in [0.717, 1.165) is 23.5 Å². The molecule has 9 nitrogen and oxygen atoms in total. The van der Waals surface area contributed by atoms with E-state index in [1.807, 2.05) is 18.2 Å². The number of aromatic nitrogens is 4. The molecule has 0 radical (unpaired) electrons. The summed E-state index contributed by atoms with van der Waals surface area (Å²) in [6.45, 7) is 2.87. The Morgan fingerprint density at radius 2 is 2.00 bits per heavy atom. The van der Waals surface area contributed by atoms with E-state index < -0.39 is 5.63 Å². The third kappa shape index (κ3) is 3.81. The molecule has 0 unspecified atom stereocenters. The summed E-state index contributed by atoms with van der Waals surface area (Å²) in [5.74, 6) is 2.56. The van der Waals surface area contributed by atoms with Crippen LogP contribution in [0.5, 0.6) is 17.2 Å². The zero-order chi connectivity index (χ0) is 21.4. The maximum atomic E-state index is 12.3. The topological polar surface area (TPSA) is 112 Å². The summed E-state index contributed by atoms with van der Waals surface area (Å²) in [6.07, 6.45) is 2.37. The van der Waals surface area contributed by atoms with Crippen LogP contribution in [0.1, 0.15) is 17.7 Å². The molecule has 0 saturated carbocycles. The first-order valence-corrected chi connectivity index (χ1v) is 10.6. The highest BCUT2D eigenvalue weighted by Crippen LogP contribution is 2.33. The summed E-state index contributed by atoms with van der Waals surface area (Å²) in [6, 6.07) is 8.83. The van der Waals surface area contributed by atoms with Crippen LogP contribution in [-0.2, 0) is 5.75 Å². The molecule has 1 aromatic carbocycles. The third-order valence-corrected chi connectivity index (χ3v) is 5.62. The van der Waals surface area contributed by atoms with E-state index in [9.17, 15) is 9.90 Å². The number of rotatable bonds is 4. The average molecular weight is 438 g/mol. The fourth-order valence-electron chi connectivity index (χ4n) is 3.30. The zero-order valence-corrected chi connectivity index (χ0v) is 17.4. The summed E-state index contributed by atoms with van der Waals surface area (Å²) in [5, 5.41) is 15.3. The number of nitrogens with zero attached hydrogens (tertiary/aromatic N) is 4. The minimum Gasteiger partial charge on any atom is -0.507 e. The molecule has 0 bridgehead atoms. The fraction of sp³-hybridized carbons (Fsp3) is 0.238. The van der Waals surface area contributed by atoms with Crippen molar-refractivity contribution in [3.63, 3.8) is 0 Å². The van der Waals surface area contributed by atoms with Crippen molar-refractivity contribution < 1.29 is 19.0 Å². The molecule has 0 spiro atoms. The first-order valence-electron chi connectivity index (χ1n) is 9.66. The van der Waals surface area contributed by atoms with Crippen molar-refractivity contribution in [2.45, 2.75) is 24.3 Å². The molecule has 31 heavy (non-hydrogen) atoms. The molecule has 0 saturated heterocycles. The lowest BCUT2D eigenvalue weighted by molar-refractivity contribution is 0.297. The van der Waals surface area contributed by atoms with Crippen LogP contribution < -0.4 is 15.1 Å². The lowest BCUT2D eigenvalue weighted by Crippen LogP contribution is -2.08. The van der Waals surface area contributed by atoms with E-state index in [0.29, 0.717) is 41.4 Å². The largest absolute Gasteiger partial charge is 0.507 e. The number of hydrogen-bond donors (Lipinski definition) is 1. The van der Waals surface area contributed by atoms with Crippen molar-refractivity contribution in [1.29, 1.82) is 0 Å². The summed E-state index contributed by atoms with van der Waals surface area (Å²) in [4.78, 5) is 21.0. The number of aromatic hydroxyl groups is 1. The van der Waals surface area contributed by atoms with E-state index in [-0.39, 0.29) is 11.3 Å². The Morgan fingerprint density at radius 1 is 1.16 bits per heavy atom. The van der Waals surface area contributed by atoms with Crippen molar-refractivity contribution in [3.8, 4) is 28.5 Å². The van der Waals surface area contributed by atoms with Gasteiger partial charge in [-0.25, -0.2) is 9.78 Å². The van der Waals surface area contributed by atoms with Gasteiger partial charge in [0.05, 0.1) is 18.9 Å². The maximum Gasteiger partial charge on any atom is 0.349 e. The molecular formula is C21H18N4O5S. The van der Waals surface area contributed by atoms with E-state index in [1.165, 1.54) is 28.5 Å². The van der Waals surface area contributed by atoms with Crippen molar-refractivity contribution in [2.24, 2.45) is 0 Å². The number of fused-ring (bicyclic) bond motifs is 2. The highest BCUT2D eigenvalue weighted by atomic mass is 32.2. The summed E-state index contributed by atoms with van der Waals surface area (Å²) in [7, 11) is 0. The Bertz CT molecular complexity index is 1330. The summed E-state index contributed by atoms with van der Waals surface area (Å²) in [5.41, 5.74) is 0.758. The normalized spacial score (nSPS) is 13.3. The number of hydrogen-bond acceptors (Lipinski definition) is 9. The molecule has 0 aliphatic carbocycles.